The minimum absolute atomic E-state index is 0. The highest BCUT2D eigenvalue weighted by Crippen LogP contribution is 2.23. The van der Waals surface area contributed by atoms with E-state index in [9.17, 15) is 8.42 Å². The normalized spacial score (nSPS) is 15.3. The van der Waals surface area contributed by atoms with E-state index in [-0.39, 0.29) is 24.0 Å². The van der Waals surface area contributed by atoms with Crippen LogP contribution in [0.5, 0.6) is 0 Å². The molecule has 0 unspecified atom stereocenters. The molecule has 2 heterocycles. The predicted octanol–water partition coefficient (Wildman–Crippen LogP) is 2.78. The van der Waals surface area contributed by atoms with Gasteiger partial charge in [0, 0.05) is 51.5 Å². The number of nitrogens with one attached hydrogen (secondary N) is 2. The fraction of sp³-hybridized carbons (Fsp3) is 0.429. The summed E-state index contributed by atoms with van der Waals surface area (Å²) in [5.41, 5.74) is 1.75. The molecule has 2 N–H and O–H groups in total. The second kappa shape index (κ2) is 12.2. The van der Waals surface area contributed by atoms with Crippen LogP contribution in [0.1, 0.15) is 30.5 Å². The van der Waals surface area contributed by atoms with Gasteiger partial charge in [-0.3, -0.25) is 9.98 Å². The van der Waals surface area contributed by atoms with Crippen LogP contribution < -0.4 is 10.6 Å². The van der Waals surface area contributed by atoms with Gasteiger partial charge in [-0.1, -0.05) is 30.7 Å². The summed E-state index contributed by atoms with van der Waals surface area (Å²) < 4.78 is 27.8. The van der Waals surface area contributed by atoms with Crippen molar-refractivity contribution in [3.8, 4) is 0 Å². The van der Waals surface area contributed by atoms with Crippen LogP contribution in [0.2, 0.25) is 0 Å². The molecule has 0 saturated carbocycles. The molecule has 7 nitrogen and oxygen atoms in total. The van der Waals surface area contributed by atoms with Gasteiger partial charge in [0.05, 0.1) is 4.90 Å². The number of aromatic nitrogens is 1. The Morgan fingerprint density at radius 2 is 1.80 bits per heavy atom. The van der Waals surface area contributed by atoms with Crippen molar-refractivity contribution in [3.05, 3.63) is 59.9 Å². The lowest BCUT2D eigenvalue weighted by molar-refractivity contribution is 0.346. The van der Waals surface area contributed by atoms with Crippen LogP contribution in [0.15, 0.2) is 58.5 Å². The number of sulfonamides is 1. The van der Waals surface area contributed by atoms with Crippen molar-refractivity contribution in [1.29, 1.82) is 0 Å². The maximum absolute atomic E-state index is 13.1. The second-order valence-corrected chi connectivity index (χ2v) is 8.90. The van der Waals surface area contributed by atoms with Crippen LogP contribution >= 0.6 is 24.0 Å². The fourth-order valence-electron chi connectivity index (χ4n) is 3.40. The molecule has 3 rings (SSSR count). The molecule has 1 saturated heterocycles. The second-order valence-electron chi connectivity index (χ2n) is 7.00. The Bertz CT molecular complexity index is 916. The lowest BCUT2D eigenvalue weighted by Gasteiger charge is -2.27. The van der Waals surface area contributed by atoms with Crippen molar-refractivity contribution in [2.24, 2.45) is 4.99 Å². The van der Waals surface area contributed by atoms with E-state index >= 15 is 0 Å². The summed E-state index contributed by atoms with van der Waals surface area (Å²) in [5.74, 6) is 0.631. The predicted molar refractivity (Wildman–Crippen MR) is 131 cm³/mol. The number of halogens is 1. The van der Waals surface area contributed by atoms with E-state index in [4.69, 9.17) is 0 Å². The van der Waals surface area contributed by atoms with Crippen molar-refractivity contribution >= 4 is 40.0 Å². The fourth-order valence-corrected chi connectivity index (χ4v) is 5.14. The van der Waals surface area contributed by atoms with E-state index in [2.05, 4.69) is 20.6 Å². The standard InChI is InChI=1S/C21H29N5O2S.HI/c1-22-21(24-14-12-19-10-5-6-13-23-19)25-17-18-9-3-4-11-20(18)29(27,28)26-15-7-2-8-16-26;/h3-6,9-11,13H,2,7-8,12,14-17H2,1H3,(H2,22,24,25);1H. The molecule has 30 heavy (non-hydrogen) atoms. The Kier molecular flexibility index (Phi) is 9.99. The average molecular weight is 543 g/mol. The Balaban J connectivity index is 0.00000320. The molecule has 9 heteroatoms. The van der Waals surface area contributed by atoms with Crippen molar-refractivity contribution in [2.45, 2.75) is 37.1 Å². The Morgan fingerprint density at radius 1 is 1.07 bits per heavy atom. The average Bonchev–Trinajstić information content (AvgIpc) is 2.77. The largest absolute Gasteiger partial charge is 0.356 e. The quantitative estimate of drug-likeness (QED) is 0.319. The van der Waals surface area contributed by atoms with E-state index in [0.717, 1.165) is 36.9 Å². The van der Waals surface area contributed by atoms with Crippen LogP contribution in [0.3, 0.4) is 0 Å². The van der Waals surface area contributed by atoms with E-state index in [1.165, 1.54) is 0 Å². The van der Waals surface area contributed by atoms with Gasteiger partial charge in [-0.2, -0.15) is 4.31 Å². The maximum Gasteiger partial charge on any atom is 0.243 e. The minimum atomic E-state index is -3.48. The number of piperidine rings is 1. The van der Waals surface area contributed by atoms with Crippen molar-refractivity contribution in [3.63, 3.8) is 0 Å². The summed E-state index contributed by atoms with van der Waals surface area (Å²) in [7, 11) is -1.77. The third kappa shape index (κ3) is 6.64. The molecular formula is C21H30IN5O2S. The van der Waals surface area contributed by atoms with Crippen molar-refractivity contribution in [2.75, 3.05) is 26.7 Å². The highest BCUT2D eigenvalue weighted by molar-refractivity contribution is 14.0. The summed E-state index contributed by atoms with van der Waals surface area (Å²) >= 11 is 0. The summed E-state index contributed by atoms with van der Waals surface area (Å²) in [6, 6.07) is 13.0. The SMILES string of the molecule is CN=C(NCCc1ccccn1)NCc1ccccc1S(=O)(=O)N1CCCCC1.I. The first kappa shape index (κ1) is 24.5. The third-order valence-corrected chi connectivity index (χ3v) is 6.97. The number of hydrogen-bond acceptors (Lipinski definition) is 4. The monoisotopic (exact) mass is 543 g/mol. The number of pyridine rings is 1. The van der Waals surface area contributed by atoms with Crippen LogP contribution in [0.25, 0.3) is 0 Å². The first-order chi connectivity index (χ1) is 14.1. The van der Waals surface area contributed by atoms with Gasteiger partial charge < -0.3 is 10.6 Å². The minimum Gasteiger partial charge on any atom is -0.356 e. The number of rotatable bonds is 7. The highest BCUT2D eigenvalue weighted by Gasteiger charge is 2.27. The summed E-state index contributed by atoms with van der Waals surface area (Å²) in [4.78, 5) is 8.91. The van der Waals surface area contributed by atoms with Gasteiger partial charge in [0.15, 0.2) is 5.96 Å². The van der Waals surface area contributed by atoms with Crippen molar-refractivity contribution in [1.82, 2.24) is 19.9 Å². The van der Waals surface area contributed by atoms with Gasteiger partial charge in [-0.05, 0) is 36.6 Å². The molecule has 0 radical (unpaired) electrons. The Hall–Kier alpha value is -1.72. The lowest BCUT2D eigenvalue weighted by atomic mass is 10.2. The van der Waals surface area contributed by atoms with Gasteiger partial charge >= 0.3 is 0 Å². The molecule has 1 aromatic heterocycles. The first-order valence-electron chi connectivity index (χ1n) is 10.0. The molecule has 0 spiro atoms. The molecule has 1 aromatic carbocycles. The van der Waals surface area contributed by atoms with E-state index in [1.807, 2.05) is 30.3 Å². The Morgan fingerprint density at radius 3 is 2.50 bits per heavy atom. The molecule has 0 atom stereocenters. The van der Waals surface area contributed by atoms with Gasteiger partial charge in [0.2, 0.25) is 10.0 Å². The molecular weight excluding hydrogens is 513 g/mol. The zero-order chi connectivity index (χ0) is 20.5. The topological polar surface area (TPSA) is 86.7 Å². The summed E-state index contributed by atoms with van der Waals surface area (Å²) in [6.45, 7) is 2.26. The van der Waals surface area contributed by atoms with Gasteiger partial charge in [-0.15, -0.1) is 24.0 Å². The molecule has 0 bridgehead atoms. The van der Waals surface area contributed by atoms with Crippen LogP contribution in [0, 0.1) is 0 Å². The molecule has 1 fully saturated rings. The number of guanidine groups is 1. The molecule has 1 aliphatic rings. The van der Waals surface area contributed by atoms with Gasteiger partial charge in [0.25, 0.3) is 0 Å². The van der Waals surface area contributed by atoms with Crippen LogP contribution in [0.4, 0.5) is 0 Å². The number of benzene rings is 1. The zero-order valence-corrected chi connectivity index (χ0v) is 20.4. The number of hydrogen-bond donors (Lipinski definition) is 2. The zero-order valence-electron chi connectivity index (χ0n) is 17.3. The number of nitrogens with zero attached hydrogens (tertiary/aromatic N) is 3. The smallest absolute Gasteiger partial charge is 0.243 e. The van der Waals surface area contributed by atoms with E-state index < -0.39 is 10.0 Å². The van der Waals surface area contributed by atoms with E-state index in [0.29, 0.717) is 37.0 Å². The Labute approximate surface area is 196 Å². The van der Waals surface area contributed by atoms with Crippen LogP contribution in [-0.4, -0.2) is 50.3 Å². The molecule has 2 aromatic rings. The highest BCUT2D eigenvalue weighted by atomic mass is 127. The van der Waals surface area contributed by atoms with Gasteiger partial charge in [-0.25, -0.2) is 8.42 Å². The summed E-state index contributed by atoms with van der Waals surface area (Å²) in [5, 5.41) is 6.47. The molecule has 164 valence electrons. The lowest BCUT2D eigenvalue weighted by Crippen LogP contribution is -2.39. The van der Waals surface area contributed by atoms with Crippen LogP contribution in [-0.2, 0) is 23.0 Å². The van der Waals surface area contributed by atoms with E-state index in [1.54, 1.807) is 29.7 Å². The molecule has 1 aliphatic heterocycles. The van der Waals surface area contributed by atoms with Gasteiger partial charge in [0.1, 0.15) is 0 Å². The molecule has 0 aliphatic carbocycles. The van der Waals surface area contributed by atoms with Crippen molar-refractivity contribution < 1.29 is 8.42 Å². The summed E-state index contributed by atoms with van der Waals surface area (Å²) in [6.07, 6.45) is 5.50. The third-order valence-electron chi connectivity index (χ3n) is 4.98. The number of aliphatic imine (C=N–C) groups is 1. The maximum atomic E-state index is 13.1. The molecule has 0 amide bonds. The first-order valence-corrected chi connectivity index (χ1v) is 11.5.